The van der Waals surface area contributed by atoms with E-state index >= 15 is 0 Å². The highest BCUT2D eigenvalue weighted by Gasteiger charge is 2.18. The van der Waals surface area contributed by atoms with Crippen LogP contribution in [0.5, 0.6) is 0 Å². The van der Waals surface area contributed by atoms with Crippen molar-refractivity contribution in [1.29, 1.82) is 0 Å². The van der Waals surface area contributed by atoms with Gasteiger partial charge in [0, 0.05) is 36.9 Å². The molecular weight excluding hydrogens is 663 g/mol. The molecule has 0 radical (unpaired) electrons. The Balaban J connectivity index is 1.14. The zero-order chi connectivity index (χ0) is 39.5. The average Bonchev–Trinajstić information content (AvgIpc) is 3.66. The lowest BCUT2D eigenvalue weighted by Gasteiger charge is -2.13. The van der Waals surface area contributed by atoms with E-state index in [1.807, 2.05) is 72.8 Å². The molecule has 2 heterocycles. The Morgan fingerprint density at radius 2 is 1.06 bits per heavy atom. The van der Waals surface area contributed by atoms with Crippen LogP contribution < -0.4 is 0 Å². The molecule has 0 amide bonds. The smallest absolute Gasteiger partial charge is 0.164 e. The molecule has 0 fully saturated rings. The first kappa shape index (κ1) is 26.1. The van der Waals surface area contributed by atoms with Crippen LogP contribution in [-0.4, -0.2) is 15.0 Å². The third-order valence-electron chi connectivity index (χ3n) is 9.59. The molecule has 53 heavy (non-hydrogen) atoms. The number of hydrogen-bond acceptors (Lipinski definition) is 4. The number of fused-ring (bicyclic) bond motifs is 4. The van der Waals surface area contributed by atoms with Gasteiger partial charge in [-0.2, -0.15) is 0 Å². The second kappa shape index (κ2) is 13.1. The van der Waals surface area contributed by atoms with Gasteiger partial charge in [0.05, 0.1) is 6.85 Å². The first-order chi connectivity index (χ1) is 28.3. The largest absolute Gasteiger partial charge is 0.208 e. The van der Waals surface area contributed by atoms with Crippen LogP contribution in [0.3, 0.4) is 0 Å². The number of benzene rings is 8. The summed E-state index contributed by atoms with van der Waals surface area (Å²) in [6, 6.07) is 52.0. The van der Waals surface area contributed by atoms with Crippen molar-refractivity contribution < 1.29 is 6.85 Å². The van der Waals surface area contributed by atoms with Gasteiger partial charge in [-0.05, 0) is 74.5 Å². The molecule has 0 atom stereocenters. The van der Waals surface area contributed by atoms with E-state index in [0.717, 1.165) is 69.9 Å². The summed E-state index contributed by atoms with van der Waals surface area (Å²) in [5.74, 6) is 1.64. The summed E-state index contributed by atoms with van der Waals surface area (Å²) in [4.78, 5) is 15.4. The van der Waals surface area contributed by atoms with Gasteiger partial charge >= 0.3 is 0 Å². The lowest BCUT2D eigenvalue weighted by Crippen LogP contribution is -2.00. The SMILES string of the molecule is [2H]c1c([2H])c([2H])c(-c2ccc3c(c2)sc2cccc(-c4nc(-c5ccccc5)nc(-c5cccc(-c6cc(-c7ccccc7)cc7ccccc67)c5)n4)c23)c([2H])c1[2H]. The molecule has 0 aliphatic heterocycles. The molecule has 0 N–H and O–H groups in total. The van der Waals surface area contributed by atoms with Gasteiger partial charge in [0.25, 0.3) is 0 Å². The Morgan fingerprint density at radius 3 is 1.89 bits per heavy atom. The number of nitrogens with zero attached hydrogens (tertiary/aromatic N) is 3. The summed E-state index contributed by atoms with van der Waals surface area (Å²) in [5.41, 5.74) is 7.79. The van der Waals surface area contributed by atoms with Gasteiger partial charge in [-0.3, -0.25) is 0 Å². The highest BCUT2D eigenvalue weighted by atomic mass is 32.1. The van der Waals surface area contributed by atoms with Gasteiger partial charge in [0.2, 0.25) is 0 Å². The van der Waals surface area contributed by atoms with E-state index in [-0.39, 0.29) is 29.7 Å². The lowest BCUT2D eigenvalue weighted by atomic mass is 9.92. The molecule has 248 valence electrons. The standard InChI is InChI=1S/C49H31N3S/c1-4-14-32(15-5-1)35-26-27-41-45(31-35)53-44-25-13-24-42(46(41)44)49-51-47(34-18-8-3-9-19-34)50-48(52-49)38-22-12-21-37(28-38)43-30-39(33-16-6-2-7-17-33)29-36-20-10-11-23-40(36)43/h1-31H/i1D,4D,5D,14D,15D. The lowest BCUT2D eigenvalue weighted by molar-refractivity contribution is 1.08. The second-order valence-corrected chi connectivity index (χ2v) is 13.9. The Bertz CT molecular complexity index is 3210. The minimum absolute atomic E-state index is 0.183. The summed E-state index contributed by atoms with van der Waals surface area (Å²) < 4.78 is 43.6. The molecule has 0 aliphatic carbocycles. The normalized spacial score (nSPS) is 12.7. The third kappa shape index (κ3) is 5.76. The van der Waals surface area contributed by atoms with Gasteiger partial charge in [-0.25, -0.2) is 15.0 Å². The molecule has 0 saturated heterocycles. The van der Waals surface area contributed by atoms with Crippen LogP contribution in [0, 0.1) is 0 Å². The molecule has 8 aromatic carbocycles. The van der Waals surface area contributed by atoms with Gasteiger partial charge in [-0.15, -0.1) is 11.3 Å². The summed E-state index contributed by atoms with van der Waals surface area (Å²) in [7, 11) is 0. The Labute approximate surface area is 318 Å². The highest BCUT2D eigenvalue weighted by Crippen LogP contribution is 2.42. The molecule has 10 aromatic rings. The molecule has 10 rings (SSSR count). The van der Waals surface area contributed by atoms with Crippen LogP contribution in [0.2, 0.25) is 0 Å². The second-order valence-electron chi connectivity index (χ2n) is 12.9. The van der Waals surface area contributed by atoms with E-state index in [1.165, 1.54) is 0 Å². The maximum Gasteiger partial charge on any atom is 0.164 e. The zero-order valence-electron chi connectivity index (χ0n) is 33.3. The fraction of sp³-hybridized carbons (Fsp3) is 0. The molecule has 0 bridgehead atoms. The van der Waals surface area contributed by atoms with Gasteiger partial charge < -0.3 is 0 Å². The maximum atomic E-state index is 8.57. The monoisotopic (exact) mass is 698 g/mol. The fourth-order valence-corrected chi connectivity index (χ4v) is 8.25. The Hall–Kier alpha value is -6.75. The number of thiophene rings is 1. The molecule has 0 aliphatic rings. The summed E-state index contributed by atoms with van der Waals surface area (Å²) in [5, 5.41) is 4.26. The fourth-order valence-electron chi connectivity index (χ4n) is 7.08. The van der Waals surface area contributed by atoms with E-state index < -0.39 is 6.04 Å². The van der Waals surface area contributed by atoms with E-state index in [2.05, 4.69) is 84.9 Å². The highest BCUT2D eigenvalue weighted by molar-refractivity contribution is 7.26. The van der Waals surface area contributed by atoms with E-state index in [0.29, 0.717) is 23.0 Å². The van der Waals surface area contributed by atoms with E-state index in [9.17, 15) is 0 Å². The first-order valence-electron chi connectivity index (χ1n) is 19.9. The van der Waals surface area contributed by atoms with Crippen LogP contribution in [0.25, 0.3) is 98.5 Å². The minimum Gasteiger partial charge on any atom is -0.208 e. The van der Waals surface area contributed by atoms with Crippen LogP contribution in [0.15, 0.2) is 188 Å². The molecule has 0 spiro atoms. The van der Waals surface area contributed by atoms with Crippen molar-refractivity contribution in [3.63, 3.8) is 0 Å². The van der Waals surface area contributed by atoms with Gasteiger partial charge in [0.15, 0.2) is 17.5 Å². The van der Waals surface area contributed by atoms with Crippen LogP contribution in [0.4, 0.5) is 0 Å². The van der Waals surface area contributed by atoms with Crippen LogP contribution in [0.1, 0.15) is 6.85 Å². The van der Waals surface area contributed by atoms with Gasteiger partial charge in [0.1, 0.15) is 0 Å². The number of aromatic nitrogens is 3. The first-order valence-corrected chi connectivity index (χ1v) is 18.2. The van der Waals surface area contributed by atoms with Crippen molar-refractivity contribution in [3.05, 3.63) is 188 Å². The summed E-state index contributed by atoms with van der Waals surface area (Å²) in [6.45, 7) is 0. The van der Waals surface area contributed by atoms with Crippen molar-refractivity contribution in [1.82, 2.24) is 15.0 Å². The van der Waals surface area contributed by atoms with Crippen molar-refractivity contribution in [2.75, 3.05) is 0 Å². The maximum absolute atomic E-state index is 8.57. The predicted molar refractivity (Wildman–Crippen MR) is 223 cm³/mol. The average molecular weight is 699 g/mol. The Kier molecular flexibility index (Phi) is 6.45. The topological polar surface area (TPSA) is 38.7 Å². The molecule has 0 unspecified atom stereocenters. The number of hydrogen-bond donors (Lipinski definition) is 0. The predicted octanol–water partition coefficient (Wildman–Crippen LogP) is 13.4. The molecular formula is C49H31N3S. The molecule has 2 aromatic heterocycles. The van der Waals surface area contributed by atoms with Gasteiger partial charge in [-0.1, -0.05) is 158 Å². The molecule has 0 saturated carbocycles. The number of rotatable bonds is 6. The van der Waals surface area contributed by atoms with Crippen LogP contribution >= 0.6 is 11.3 Å². The zero-order valence-corrected chi connectivity index (χ0v) is 29.1. The third-order valence-corrected chi connectivity index (χ3v) is 10.7. The van der Waals surface area contributed by atoms with E-state index in [4.69, 9.17) is 21.8 Å². The van der Waals surface area contributed by atoms with Crippen molar-refractivity contribution in [2.24, 2.45) is 0 Å². The summed E-state index contributed by atoms with van der Waals surface area (Å²) in [6.07, 6.45) is 0. The van der Waals surface area contributed by atoms with E-state index in [1.54, 1.807) is 11.3 Å². The van der Waals surface area contributed by atoms with Crippen molar-refractivity contribution in [2.45, 2.75) is 0 Å². The molecule has 3 nitrogen and oxygen atoms in total. The Morgan fingerprint density at radius 1 is 0.377 bits per heavy atom. The quantitative estimate of drug-likeness (QED) is 0.173. The summed E-state index contributed by atoms with van der Waals surface area (Å²) >= 11 is 1.58. The molecule has 4 heteroatoms. The van der Waals surface area contributed by atoms with Crippen molar-refractivity contribution in [3.8, 4) is 67.5 Å². The van der Waals surface area contributed by atoms with Crippen molar-refractivity contribution >= 4 is 42.3 Å². The minimum atomic E-state index is -0.407. The van der Waals surface area contributed by atoms with Crippen LogP contribution in [-0.2, 0) is 0 Å².